The van der Waals surface area contributed by atoms with Gasteiger partial charge < -0.3 is 0 Å². The zero-order chi connectivity index (χ0) is 14.5. The lowest BCUT2D eigenvalue weighted by Gasteiger charge is -2.11. The Kier molecular flexibility index (Phi) is 6.06. The van der Waals surface area contributed by atoms with Crippen molar-refractivity contribution in [2.24, 2.45) is 10.9 Å². The largest absolute Gasteiger partial charge is 0.289 e. The normalized spacial score (nSPS) is 21.4. The van der Waals surface area contributed by atoms with Gasteiger partial charge in [0.2, 0.25) is 10.0 Å². The van der Waals surface area contributed by atoms with Gasteiger partial charge in [0.05, 0.1) is 12.8 Å². The fraction of sp³-hybridized carbons (Fsp3) is 0.667. The monoisotopic (exact) mass is 304 g/mol. The molecule has 1 amide bonds. The Bertz CT molecular complexity index is 483. The molecule has 0 saturated heterocycles. The maximum Gasteiger partial charge on any atom is 0.289 e. The van der Waals surface area contributed by atoms with Crippen molar-refractivity contribution < 1.29 is 13.2 Å². The Labute approximate surface area is 119 Å². The second kappa shape index (κ2) is 7.09. The van der Waals surface area contributed by atoms with E-state index in [1.165, 1.54) is 11.8 Å². The molecule has 0 spiro atoms. The molecule has 19 heavy (non-hydrogen) atoms. The lowest BCUT2D eigenvalue weighted by molar-refractivity contribution is -0.112. The topological polar surface area (TPSA) is 75.6 Å². The van der Waals surface area contributed by atoms with Gasteiger partial charge in [-0.05, 0) is 18.8 Å². The summed E-state index contributed by atoms with van der Waals surface area (Å²) < 4.78 is 23.9. The van der Waals surface area contributed by atoms with Crippen molar-refractivity contribution in [3.63, 3.8) is 0 Å². The molecule has 0 bridgehead atoms. The number of nitrogens with zero attached hydrogens (tertiary/aromatic N) is 1. The third kappa shape index (κ3) is 6.24. The quantitative estimate of drug-likeness (QED) is 0.756. The zero-order valence-electron chi connectivity index (χ0n) is 11.4. The molecule has 0 aromatic heterocycles. The van der Waals surface area contributed by atoms with Crippen LogP contribution in [-0.2, 0) is 14.8 Å². The Morgan fingerprint density at radius 3 is 2.89 bits per heavy atom. The van der Waals surface area contributed by atoms with Gasteiger partial charge in [0.1, 0.15) is 0 Å². The molecule has 0 saturated carbocycles. The van der Waals surface area contributed by atoms with Crippen LogP contribution in [0.2, 0.25) is 0 Å². The number of allylic oxidation sites excluding steroid dienone is 2. The number of hydrogen-bond acceptors (Lipinski definition) is 5. The molecule has 1 N–H and O–H groups in total. The van der Waals surface area contributed by atoms with Crippen molar-refractivity contribution in [3.8, 4) is 0 Å². The minimum atomic E-state index is -3.52. The highest BCUT2D eigenvalue weighted by molar-refractivity contribution is 8.16. The number of rotatable bonds is 6. The van der Waals surface area contributed by atoms with E-state index in [-0.39, 0.29) is 10.3 Å². The first-order valence-corrected chi connectivity index (χ1v) is 8.98. The molecule has 2 atom stereocenters. The molecular weight excluding hydrogens is 284 g/mol. The number of sulfonamides is 1. The Hall–Kier alpha value is -0.820. The van der Waals surface area contributed by atoms with Crippen molar-refractivity contribution in [2.75, 3.05) is 12.8 Å². The molecule has 1 rings (SSSR count). The Balaban J connectivity index is 2.45. The molecule has 0 aliphatic carbocycles. The van der Waals surface area contributed by atoms with E-state index in [1.54, 1.807) is 0 Å². The summed E-state index contributed by atoms with van der Waals surface area (Å²) in [5.74, 6) is -0.184. The molecule has 108 valence electrons. The van der Waals surface area contributed by atoms with Gasteiger partial charge in [0, 0.05) is 5.25 Å². The molecule has 5 nitrogen and oxygen atoms in total. The summed E-state index contributed by atoms with van der Waals surface area (Å²) in [4.78, 5) is 15.7. The van der Waals surface area contributed by atoms with Crippen LogP contribution in [0.1, 0.15) is 26.7 Å². The lowest BCUT2D eigenvalue weighted by atomic mass is 10.0. The van der Waals surface area contributed by atoms with Crippen LogP contribution in [0.25, 0.3) is 0 Å². The maximum atomic E-state index is 11.6. The van der Waals surface area contributed by atoms with Crippen LogP contribution in [-0.4, -0.2) is 37.4 Å². The van der Waals surface area contributed by atoms with Crippen molar-refractivity contribution in [2.45, 2.75) is 31.9 Å². The molecule has 0 fully saturated rings. The molecule has 1 aliphatic rings. The molecular formula is C12H20N2O3S2. The molecule has 0 radical (unpaired) electrons. The summed E-state index contributed by atoms with van der Waals surface area (Å²) in [7, 11) is -3.52. The number of thioether (sulfide) groups is 1. The van der Waals surface area contributed by atoms with Gasteiger partial charge in [0.25, 0.3) is 5.91 Å². The first-order chi connectivity index (χ1) is 8.81. The van der Waals surface area contributed by atoms with Crippen molar-refractivity contribution in [1.82, 2.24) is 4.72 Å². The fourth-order valence-electron chi connectivity index (χ4n) is 1.74. The standard InChI is InChI=1S/C12H20N2O3S2/c1-4-5-6-9(2)7-10-8-13-12(18-10)11(15)14-19(3,16)17/h5-6,9-10H,4,7-8H2,1-3H3,(H,14,15)/b6-5-. The molecule has 0 aromatic rings. The van der Waals surface area contributed by atoms with Gasteiger partial charge >= 0.3 is 0 Å². The van der Waals surface area contributed by atoms with E-state index in [4.69, 9.17) is 0 Å². The fourth-order valence-corrected chi connectivity index (χ4v) is 3.41. The third-order valence-corrected chi connectivity index (χ3v) is 4.29. The maximum absolute atomic E-state index is 11.6. The van der Waals surface area contributed by atoms with Crippen LogP contribution in [0.4, 0.5) is 0 Å². The van der Waals surface area contributed by atoms with Crippen LogP contribution in [0, 0.1) is 5.92 Å². The van der Waals surface area contributed by atoms with E-state index in [2.05, 4.69) is 31.0 Å². The average molecular weight is 304 g/mol. The second-order valence-corrected chi connectivity index (χ2v) is 7.68. The minimum absolute atomic E-state index is 0.247. The van der Waals surface area contributed by atoms with Gasteiger partial charge in [-0.25, -0.2) is 13.1 Å². The summed E-state index contributed by atoms with van der Waals surface area (Å²) in [6.07, 6.45) is 7.19. The SMILES string of the molecule is CC/C=C\C(C)CC1CN=C(C(=O)NS(C)(=O)=O)S1. The minimum Gasteiger partial charge on any atom is -0.272 e. The van der Waals surface area contributed by atoms with E-state index < -0.39 is 15.9 Å². The zero-order valence-corrected chi connectivity index (χ0v) is 13.1. The van der Waals surface area contributed by atoms with Crippen LogP contribution in [0.3, 0.4) is 0 Å². The summed E-state index contributed by atoms with van der Waals surface area (Å²) in [6.45, 7) is 4.78. The van der Waals surface area contributed by atoms with Gasteiger partial charge in [-0.15, -0.1) is 0 Å². The van der Waals surface area contributed by atoms with Gasteiger partial charge in [-0.1, -0.05) is 37.8 Å². The van der Waals surface area contributed by atoms with Crippen LogP contribution in [0.15, 0.2) is 17.1 Å². The van der Waals surface area contributed by atoms with E-state index in [9.17, 15) is 13.2 Å². The number of nitrogens with one attached hydrogen (secondary N) is 1. The lowest BCUT2D eigenvalue weighted by Crippen LogP contribution is -2.33. The van der Waals surface area contributed by atoms with Crippen LogP contribution >= 0.6 is 11.8 Å². The molecule has 1 heterocycles. The summed E-state index contributed by atoms with van der Waals surface area (Å²) in [5, 5.41) is 0.513. The Morgan fingerprint density at radius 1 is 1.63 bits per heavy atom. The van der Waals surface area contributed by atoms with Gasteiger partial charge in [-0.3, -0.25) is 9.79 Å². The predicted octanol–water partition coefficient (Wildman–Crippen LogP) is 1.57. The third-order valence-electron chi connectivity index (χ3n) is 2.52. The highest BCUT2D eigenvalue weighted by Crippen LogP contribution is 2.27. The van der Waals surface area contributed by atoms with Crippen LogP contribution < -0.4 is 4.72 Å². The van der Waals surface area contributed by atoms with Gasteiger partial charge in [-0.2, -0.15) is 0 Å². The number of carbonyl (C=O) groups excluding carboxylic acids is 1. The average Bonchev–Trinajstić information content (AvgIpc) is 2.72. The summed E-state index contributed by atoms with van der Waals surface area (Å²) >= 11 is 1.36. The van der Waals surface area contributed by atoms with Gasteiger partial charge in [0.15, 0.2) is 5.04 Å². The number of amides is 1. The highest BCUT2D eigenvalue weighted by Gasteiger charge is 2.26. The van der Waals surface area contributed by atoms with E-state index in [0.29, 0.717) is 12.5 Å². The van der Waals surface area contributed by atoms with Crippen molar-refractivity contribution in [1.29, 1.82) is 0 Å². The van der Waals surface area contributed by atoms with Crippen molar-refractivity contribution in [3.05, 3.63) is 12.2 Å². The van der Waals surface area contributed by atoms with E-state index in [1.807, 2.05) is 4.72 Å². The molecule has 1 aliphatic heterocycles. The number of aliphatic imine (C=N–C) groups is 1. The van der Waals surface area contributed by atoms with E-state index >= 15 is 0 Å². The van der Waals surface area contributed by atoms with Crippen LogP contribution in [0.5, 0.6) is 0 Å². The smallest absolute Gasteiger partial charge is 0.272 e. The number of hydrogen-bond donors (Lipinski definition) is 1. The van der Waals surface area contributed by atoms with E-state index in [0.717, 1.165) is 19.1 Å². The Morgan fingerprint density at radius 2 is 2.32 bits per heavy atom. The number of carbonyl (C=O) groups is 1. The highest BCUT2D eigenvalue weighted by atomic mass is 32.2. The molecule has 7 heteroatoms. The molecule has 0 aromatic carbocycles. The summed E-state index contributed by atoms with van der Waals surface area (Å²) in [5.41, 5.74) is 0. The van der Waals surface area contributed by atoms with Crippen molar-refractivity contribution >= 4 is 32.7 Å². The molecule has 2 unspecified atom stereocenters. The second-order valence-electron chi connectivity index (χ2n) is 4.64. The predicted molar refractivity (Wildman–Crippen MR) is 79.9 cm³/mol. The first kappa shape index (κ1) is 16.2. The first-order valence-electron chi connectivity index (χ1n) is 6.21. The summed E-state index contributed by atoms with van der Waals surface area (Å²) in [6, 6.07) is 0.